The Morgan fingerprint density at radius 3 is 3.00 bits per heavy atom. The molecule has 0 aromatic heterocycles. The Labute approximate surface area is 50.7 Å². The number of rotatable bonds is 0. The van der Waals surface area contributed by atoms with E-state index in [1.165, 1.54) is 25.8 Å². The average Bonchev–Trinajstić information content (AvgIpc) is 2.45. The van der Waals surface area contributed by atoms with Crippen molar-refractivity contribution in [1.82, 2.24) is 4.90 Å². The van der Waals surface area contributed by atoms with Crippen molar-refractivity contribution in [3.8, 4) is 0 Å². The Morgan fingerprint density at radius 2 is 2.38 bits per heavy atom. The Balaban J connectivity index is 1.99. The van der Waals surface area contributed by atoms with Crippen LogP contribution in [0.5, 0.6) is 0 Å². The predicted octanol–water partition coefficient (Wildman–Crippen LogP) is 1.10. The number of fused-ring (bicyclic) bond motifs is 1. The van der Waals surface area contributed by atoms with Gasteiger partial charge in [0.15, 0.2) is 0 Å². The van der Waals surface area contributed by atoms with Crippen molar-refractivity contribution in [2.24, 2.45) is 5.92 Å². The highest BCUT2D eigenvalue weighted by molar-refractivity contribution is 4.96. The molecule has 0 radical (unpaired) electrons. The van der Waals surface area contributed by atoms with Gasteiger partial charge in [0.1, 0.15) is 0 Å². The van der Waals surface area contributed by atoms with Crippen LogP contribution in [0.25, 0.3) is 0 Å². The molecule has 0 N–H and O–H groups in total. The minimum Gasteiger partial charge on any atom is -0.303 e. The summed E-state index contributed by atoms with van der Waals surface area (Å²) < 4.78 is 0. The first kappa shape index (κ1) is 4.80. The summed E-state index contributed by atoms with van der Waals surface area (Å²) in [6.45, 7) is 1.35. The highest BCUT2D eigenvalue weighted by atomic mass is 15.2. The number of likely N-dealkylation sites (tertiary alicyclic amines) is 1. The van der Waals surface area contributed by atoms with Crippen molar-refractivity contribution in [2.45, 2.75) is 25.3 Å². The minimum absolute atomic E-state index is 1.00. The van der Waals surface area contributed by atoms with E-state index in [9.17, 15) is 0 Å². The van der Waals surface area contributed by atoms with Gasteiger partial charge in [-0.3, -0.25) is 0 Å². The SMILES string of the molecule is CN1CCCC2CC21. The highest BCUT2D eigenvalue weighted by Crippen LogP contribution is 2.41. The Hall–Kier alpha value is -0.0400. The van der Waals surface area contributed by atoms with Crippen molar-refractivity contribution in [3.05, 3.63) is 0 Å². The van der Waals surface area contributed by atoms with E-state index in [1.54, 1.807) is 0 Å². The number of hydrogen-bond acceptors (Lipinski definition) is 1. The largest absolute Gasteiger partial charge is 0.303 e. The summed E-state index contributed by atoms with van der Waals surface area (Å²) in [6, 6.07) is 1.00. The molecule has 2 rings (SSSR count). The second kappa shape index (κ2) is 1.47. The van der Waals surface area contributed by atoms with Gasteiger partial charge in [-0.1, -0.05) is 0 Å². The van der Waals surface area contributed by atoms with Crippen LogP contribution in [-0.4, -0.2) is 24.5 Å². The monoisotopic (exact) mass is 111 g/mol. The van der Waals surface area contributed by atoms with Gasteiger partial charge in [0.25, 0.3) is 0 Å². The first-order valence-electron chi connectivity index (χ1n) is 3.58. The zero-order valence-electron chi connectivity index (χ0n) is 5.43. The zero-order valence-corrected chi connectivity index (χ0v) is 5.43. The molecule has 1 aliphatic carbocycles. The van der Waals surface area contributed by atoms with Crippen LogP contribution in [0.1, 0.15) is 19.3 Å². The maximum Gasteiger partial charge on any atom is 0.0124 e. The van der Waals surface area contributed by atoms with E-state index in [1.807, 2.05) is 0 Å². The summed E-state index contributed by atoms with van der Waals surface area (Å²) in [7, 11) is 2.25. The lowest BCUT2D eigenvalue weighted by atomic mass is 10.1. The molecular weight excluding hydrogens is 98.1 g/mol. The van der Waals surface area contributed by atoms with E-state index in [4.69, 9.17) is 0 Å². The normalized spacial score (nSPS) is 46.1. The fourth-order valence-electron chi connectivity index (χ4n) is 1.85. The van der Waals surface area contributed by atoms with E-state index >= 15 is 0 Å². The van der Waals surface area contributed by atoms with Crippen LogP contribution in [0.15, 0.2) is 0 Å². The third-order valence-corrected chi connectivity index (χ3v) is 2.54. The quantitative estimate of drug-likeness (QED) is 0.452. The van der Waals surface area contributed by atoms with Crippen molar-refractivity contribution >= 4 is 0 Å². The van der Waals surface area contributed by atoms with Gasteiger partial charge in [0, 0.05) is 6.04 Å². The van der Waals surface area contributed by atoms with Gasteiger partial charge in [-0.05, 0) is 38.8 Å². The summed E-state index contributed by atoms with van der Waals surface area (Å²) in [6.07, 6.45) is 4.45. The van der Waals surface area contributed by atoms with E-state index in [0.29, 0.717) is 0 Å². The molecule has 0 aromatic rings. The van der Waals surface area contributed by atoms with Crippen LogP contribution >= 0.6 is 0 Å². The third-order valence-electron chi connectivity index (χ3n) is 2.54. The number of piperidine rings is 1. The lowest BCUT2D eigenvalue weighted by Crippen LogP contribution is -2.26. The smallest absolute Gasteiger partial charge is 0.0124 e. The van der Waals surface area contributed by atoms with Crippen LogP contribution in [0, 0.1) is 5.92 Å². The lowest BCUT2D eigenvalue weighted by Gasteiger charge is -2.20. The second-order valence-electron chi connectivity index (χ2n) is 3.19. The van der Waals surface area contributed by atoms with Crippen molar-refractivity contribution < 1.29 is 0 Å². The van der Waals surface area contributed by atoms with E-state index in [-0.39, 0.29) is 0 Å². The van der Waals surface area contributed by atoms with Crippen molar-refractivity contribution in [3.63, 3.8) is 0 Å². The van der Waals surface area contributed by atoms with Gasteiger partial charge in [0.2, 0.25) is 0 Å². The van der Waals surface area contributed by atoms with E-state index in [2.05, 4.69) is 11.9 Å². The summed E-state index contributed by atoms with van der Waals surface area (Å²) in [4.78, 5) is 2.51. The summed E-state index contributed by atoms with van der Waals surface area (Å²) in [5, 5.41) is 0. The van der Waals surface area contributed by atoms with Gasteiger partial charge < -0.3 is 4.90 Å². The predicted molar refractivity (Wildman–Crippen MR) is 33.8 cm³/mol. The van der Waals surface area contributed by atoms with Gasteiger partial charge in [0.05, 0.1) is 0 Å². The topological polar surface area (TPSA) is 3.24 Å². The summed E-state index contributed by atoms with van der Waals surface area (Å²) >= 11 is 0. The fraction of sp³-hybridized carbons (Fsp3) is 1.00. The molecule has 2 aliphatic rings. The Kier molecular flexibility index (Phi) is 0.884. The van der Waals surface area contributed by atoms with Gasteiger partial charge in [-0.25, -0.2) is 0 Å². The molecule has 2 unspecified atom stereocenters. The van der Waals surface area contributed by atoms with Crippen LogP contribution in [0.2, 0.25) is 0 Å². The second-order valence-corrected chi connectivity index (χ2v) is 3.19. The molecular formula is C7H13N. The highest BCUT2D eigenvalue weighted by Gasteiger charge is 2.41. The van der Waals surface area contributed by atoms with Crippen molar-refractivity contribution in [2.75, 3.05) is 13.6 Å². The standard InChI is InChI=1S/C7H13N/c1-8-4-2-3-6-5-7(6)8/h6-7H,2-5H2,1H3. The molecule has 1 nitrogen and oxygen atoms in total. The molecule has 0 amide bonds. The molecule has 2 fully saturated rings. The van der Waals surface area contributed by atoms with Gasteiger partial charge >= 0.3 is 0 Å². The third kappa shape index (κ3) is 0.576. The Bertz CT molecular complexity index is 101. The van der Waals surface area contributed by atoms with Gasteiger partial charge in [-0.2, -0.15) is 0 Å². The lowest BCUT2D eigenvalue weighted by molar-refractivity contribution is 0.263. The molecule has 1 heteroatoms. The molecule has 2 atom stereocenters. The summed E-state index contributed by atoms with van der Waals surface area (Å²) in [5.74, 6) is 1.11. The van der Waals surface area contributed by atoms with Crippen LogP contribution in [0.4, 0.5) is 0 Å². The maximum absolute atomic E-state index is 2.51. The molecule has 0 bridgehead atoms. The maximum atomic E-state index is 2.51. The summed E-state index contributed by atoms with van der Waals surface area (Å²) in [5.41, 5.74) is 0. The molecule has 1 saturated carbocycles. The number of hydrogen-bond donors (Lipinski definition) is 0. The molecule has 0 aromatic carbocycles. The van der Waals surface area contributed by atoms with Crippen LogP contribution < -0.4 is 0 Å². The van der Waals surface area contributed by atoms with Gasteiger partial charge in [-0.15, -0.1) is 0 Å². The molecule has 0 spiro atoms. The van der Waals surface area contributed by atoms with Crippen molar-refractivity contribution in [1.29, 1.82) is 0 Å². The fourth-order valence-corrected chi connectivity index (χ4v) is 1.85. The minimum atomic E-state index is 1.00. The Morgan fingerprint density at radius 1 is 1.50 bits per heavy atom. The first-order chi connectivity index (χ1) is 3.88. The molecule has 8 heavy (non-hydrogen) atoms. The van der Waals surface area contributed by atoms with E-state index < -0.39 is 0 Å². The molecule has 1 heterocycles. The number of nitrogens with zero attached hydrogens (tertiary/aromatic N) is 1. The average molecular weight is 111 g/mol. The molecule has 1 aliphatic heterocycles. The van der Waals surface area contributed by atoms with Crippen LogP contribution in [-0.2, 0) is 0 Å². The first-order valence-corrected chi connectivity index (χ1v) is 3.58. The zero-order chi connectivity index (χ0) is 5.56. The molecule has 1 saturated heterocycles. The molecule has 46 valence electrons. The van der Waals surface area contributed by atoms with Crippen LogP contribution in [0.3, 0.4) is 0 Å². The van der Waals surface area contributed by atoms with E-state index in [0.717, 1.165) is 12.0 Å².